The van der Waals surface area contributed by atoms with Crippen LogP contribution in [-0.4, -0.2) is 79.1 Å². The van der Waals surface area contributed by atoms with Gasteiger partial charge < -0.3 is 15.5 Å². The van der Waals surface area contributed by atoms with Crippen LogP contribution < -0.4 is 5.73 Å². The summed E-state index contributed by atoms with van der Waals surface area (Å²) in [4.78, 5) is 7.70. The molecule has 100 valence electrons. The van der Waals surface area contributed by atoms with Crippen LogP contribution in [0.4, 0.5) is 0 Å². The summed E-state index contributed by atoms with van der Waals surface area (Å²) in [7, 11) is 0. The molecule has 2 saturated heterocycles. The Morgan fingerprint density at radius 1 is 0.941 bits per heavy atom. The summed E-state index contributed by atoms with van der Waals surface area (Å²) in [5.41, 5.74) is 6.31. The summed E-state index contributed by atoms with van der Waals surface area (Å²) in [5.74, 6) is 0. The third kappa shape index (κ3) is 3.19. The molecule has 2 N–H and O–H groups in total. The molecule has 0 amide bonds. The van der Waals surface area contributed by atoms with Gasteiger partial charge in [0.1, 0.15) is 0 Å². The molecule has 4 heteroatoms. The average Bonchev–Trinajstić information content (AvgIpc) is 2.39. The predicted octanol–water partition coefficient (Wildman–Crippen LogP) is 0.0454. The summed E-state index contributed by atoms with van der Waals surface area (Å²) < 4.78 is 0. The number of likely N-dealkylation sites (N-methyl/N-ethyl adjacent to an activating group) is 2. The van der Waals surface area contributed by atoms with Crippen LogP contribution in [0.5, 0.6) is 0 Å². The zero-order valence-corrected chi connectivity index (χ0v) is 11.4. The van der Waals surface area contributed by atoms with Crippen molar-refractivity contribution in [2.75, 3.05) is 52.4 Å². The minimum atomic E-state index is 0.381. The number of piperidine rings is 1. The monoisotopic (exact) mass is 240 g/mol. The van der Waals surface area contributed by atoms with Gasteiger partial charge in [-0.1, -0.05) is 13.8 Å². The van der Waals surface area contributed by atoms with E-state index in [-0.39, 0.29) is 0 Å². The summed E-state index contributed by atoms with van der Waals surface area (Å²) in [5, 5.41) is 0. The fourth-order valence-electron chi connectivity index (χ4n) is 3.10. The Morgan fingerprint density at radius 3 is 2.18 bits per heavy atom. The molecule has 0 bridgehead atoms. The normalized spacial score (nSPS) is 34.1. The quantitative estimate of drug-likeness (QED) is 0.756. The van der Waals surface area contributed by atoms with Crippen LogP contribution in [0, 0.1) is 0 Å². The maximum Gasteiger partial charge on any atom is 0.0375 e. The Balaban J connectivity index is 1.87. The van der Waals surface area contributed by atoms with E-state index >= 15 is 0 Å². The van der Waals surface area contributed by atoms with Crippen LogP contribution in [0.15, 0.2) is 0 Å². The molecule has 2 rings (SSSR count). The van der Waals surface area contributed by atoms with E-state index in [0.29, 0.717) is 12.1 Å². The van der Waals surface area contributed by atoms with Gasteiger partial charge in [-0.05, 0) is 26.1 Å². The van der Waals surface area contributed by atoms with Gasteiger partial charge in [0.25, 0.3) is 0 Å². The molecule has 2 aliphatic heterocycles. The van der Waals surface area contributed by atoms with E-state index in [0.717, 1.165) is 13.0 Å². The standard InChI is InChI=1S/C13H28N4/c1-3-15-7-9-17(10-8-15)13-11-16(4-2)6-5-12(13)14/h12-13H,3-11,14H2,1-2H3. The molecule has 0 aromatic rings. The second-order valence-corrected chi connectivity index (χ2v) is 5.38. The van der Waals surface area contributed by atoms with Crippen LogP contribution >= 0.6 is 0 Å². The number of rotatable bonds is 3. The third-order valence-corrected chi connectivity index (χ3v) is 4.49. The Kier molecular flexibility index (Phi) is 4.79. The molecule has 4 nitrogen and oxygen atoms in total. The molecule has 2 unspecified atom stereocenters. The first-order valence-electron chi connectivity index (χ1n) is 7.19. The van der Waals surface area contributed by atoms with E-state index in [4.69, 9.17) is 5.73 Å². The average molecular weight is 240 g/mol. The lowest BCUT2D eigenvalue weighted by Crippen LogP contribution is -2.61. The number of nitrogens with two attached hydrogens (primary N) is 1. The van der Waals surface area contributed by atoms with Gasteiger partial charge in [0.2, 0.25) is 0 Å². The maximum atomic E-state index is 6.31. The molecule has 0 saturated carbocycles. The van der Waals surface area contributed by atoms with Gasteiger partial charge in [0, 0.05) is 44.8 Å². The number of hydrogen-bond acceptors (Lipinski definition) is 4. The minimum absolute atomic E-state index is 0.381. The molecule has 2 atom stereocenters. The van der Waals surface area contributed by atoms with Gasteiger partial charge in [-0.15, -0.1) is 0 Å². The number of hydrogen-bond donors (Lipinski definition) is 1. The van der Waals surface area contributed by atoms with Crippen LogP contribution in [0.25, 0.3) is 0 Å². The second-order valence-electron chi connectivity index (χ2n) is 5.38. The predicted molar refractivity (Wildman–Crippen MR) is 72.2 cm³/mol. The highest BCUT2D eigenvalue weighted by Crippen LogP contribution is 2.16. The summed E-state index contributed by atoms with van der Waals surface area (Å²) in [6, 6.07) is 0.966. The maximum absolute atomic E-state index is 6.31. The summed E-state index contributed by atoms with van der Waals surface area (Å²) in [6.07, 6.45) is 1.16. The molecule has 2 fully saturated rings. The largest absolute Gasteiger partial charge is 0.326 e. The molecular weight excluding hydrogens is 212 g/mol. The topological polar surface area (TPSA) is 35.7 Å². The van der Waals surface area contributed by atoms with Crippen molar-refractivity contribution in [2.24, 2.45) is 5.73 Å². The number of piperazine rings is 1. The molecule has 0 aromatic heterocycles. The SMILES string of the molecule is CCN1CCN(C2CN(CC)CCC2N)CC1. The van der Waals surface area contributed by atoms with Crippen molar-refractivity contribution in [3.8, 4) is 0 Å². The number of nitrogens with zero attached hydrogens (tertiary/aromatic N) is 3. The Labute approximate surface area is 106 Å². The van der Waals surface area contributed by atoms with Crippen LogP contribution in [-0.2, 0) is 0 Å². The van der Waals surface area contributed by atoms with Gasteiger partial charge in [0.15, 0.2) is 0 Å². The smallest absolute Gasteiger partial charge is 0.0375 e. The Morgan fingerprint density at radius 2 is 1.59 bits per heavy atom. The van der Waals surface area contributed by atoms with E-state index in [9.17, 15) is 0 Å². The molecule has 17 heavy (non-hydrogen) atoms. The Bertz CT molecular complexity index is 225. The van der Waals surface area contributed by atoms with Gasteiger partial charge in [-0.25, -0.2) is 0 Å². The van der Waals surface area contributed by atoms with Crippen molar-refractivity contribution < 1.29 is 0 Å². The van der Waals surface area contributed by atoms with Gasteiger partial charge in [0.05, 0.1) is 0 Å². The lowest BCUT2D eigenvalue weighted by Gasteiger charge is -2.45. The molecule has 0 aliphatic carbocycles. The van der Waals surface area contributed by atoms with Gasteiger partial charge in [-0.3, -0.25) is 4.90 Å². The summed E-state index contributed by atoms with van der Waals surface area (Å²) in [6.45, 7) is 14.0. The van der Waals surface area contributed by atoms with Crippen LogP contribution in [0.2, 0.25) is 0 Å². The van der Waals surface area contributed by atoms with E-state index < -0.39 is 0 Å². The van der Waals surface area contributed by atoms with Gasteiger partial charge in [-0.2, -0.15) is 0 Å². The second kappa shape index (κ2) is 6.14. The van der Waals surface area contributed by atoms with Crippen molar-refractivity contribution in [1.29, 1.82) is 0 Å². The fraction of sp³-hybridized carbons (Fsp3) is 1.00. The molecule has 0 spiro atoms. The first kappa shape index (κ1) is 13.3. The van der Waals surface area contributed by atoms with E-state index in [1.54, 1.807) is 0 Å². The lowest BCUT2D eigenvalue weighted by atomic mass is 9.98. The minimum Gasteiger partial charge on any atom is -0.326 e. The zero-order chi connectivity index (χ0) is 12.3. The Hall–Kier alpha value is -0.160. The zero-order valence-electron chi connectivity index (χ0n) is 11.4. The highest BCUT2D eigenvalue weighted by molar-refractivity contribution is 4.91. The lowest BCUT2D eigenvalue weighted by molar-refractivity contribution is 0.0447. The van der Waals surface area contributed by atoms with Crippen molar-refractivity contribution >= 4 is 0 Å². The van der Waals surface area contributed by atoms with Crippen molar-refractivity contribution in [1.82, 2.24) is 14.7 Å². The van der Waals surface area contributed by atoms with Crippen molar-refractivity contribution in [3.63, 3.8) is 0 Å². The fourth-order valence-corrected chi connectivity index (χ4v) is 3.10. The van der Waals surface area contributed by atoms with Crippen molar-refractivity contribution in [3.05, 3.63) is 0 Å². The summed E-state index contributed by atoms with van der Waals surface area (Å²) >= 11 is 0. The highest BCUT2D eigenvalue weighted by Gasteiger charge is 2.32. The highest BCUT2D eigenvalue weighted by atomic mass is 15.3. The van der Waals surface area contributed by atoms with Gasteiger partial charge >= 0.3 is 0 Å². The molecular formula is C13H28N4. The number of likely N-dealkylation sites (tertiary alicyclic amines) is 1. The molecule has 0 radical (unpaired) electrons. The third-order valence-electron chi connectivity index (χ3n) is 4.49. The molecule has 0 aromatic carbocycles. The first-order chi connectivity index (χ1) is 8.24. The molecule has 2 heterocycles. The molecule has 2 aliphatic rings. The van der Waals surface area contributed by atoms with E-state index in [2.05, 4.69) is 28.5 Å². The van der Waals surface area contributed by atoms with E-state index in [1.807, 2.05) is 0 Å². The first-order valence-corrected chi connectivity index (χ1v) is 7.19. The van der Waals surface area contributed by atoms with Crippen molar-refractivity contribution in [2.45, 2.75) is 32.4 Å². The van der Waals surface area contributed by atoms with E-state index in [1.165, 1.54) is 45.8 Å². The van der Waals surface area contributed by atoms with Crippen LogP contribution in [0.1, 0.15) is 20.3 Å². The van der Waals surface area contributed by atoms with Crippen LogP contribution in [0.3, 0.4) is 0 Å².